The van der Waals surface area contributed by atoms with E-state index in [0.717, 1.165) is 6.07 Å². The maximum Gasteiger partial charge on any atom is 0.295 e. The highest BCUT2D eigenvalue weighted by atomic mass is 32.2. The maximum absolute atomic E-state index is 11.6. The second-order valence-corrected chi connectivity index (χ2v) is 7.44. The van der Waals surface area contributed by atoms with Crippen LogP contribution >= 0.6 is 0 Å². The molecule has 3 aromatic rings. The second-order valence-electron chi connectivity index (χ2n) is 4.63. The van der Waals surface area contributed by atoms with Crippen molar-refractivity contribution in [3.05, 3.63) is 36.5 Å². The Morgan fingerprint density at radius 3 is 2.26 bits per heavy atom. The number of hydrogen-bond donors (Lipinski definition) is 3. The molecule has 0 atom stereocenters. The summed E-state index contributed by atoms with van der Waals surface area (Å²) in [6.07, 6.45) is 1.43. The van der Waals surface area contributed by atoms with E-state index in [-0.39, 0.29) is 10.8 Å². The van der Waals surface area contributed by atoms with Crippen molar-refractivity contribution in [1.29, 1.82) is 0 Å². The van der Waals surface area contributed by atoms with Gasteiger partial charge in [-0.1, -0.05) is 23.4 Å². The van der Waals surface area contributed by atoms with Crippen LogP contribution in [0.15, 0.2) is 46.3 Å². The minimum atomic E-state index is -4.72. The van der Waals surface area contributed by atoms with Crippen molar-refractivity contribution in [3.63, 3.8) is 0 Å². The average molecular weight is 355 g/mol. The number of H-pyrrole nitrogens is 1. The zero-order valence-corrected chi connectivity index (χ0v) is 12.8. The van der Waals surface area contributed by atoms with Crippen LogP contribution in [0.5, 0.6) is 0 Å². The van der Waals surface area contributed by atoms with Gasteiger partial charge < -0.3 is 0 Å². The van der Waals surface area contributed by atoms with E-state index in [4.69, 9.17) is 0 Å². The fourth-order valence-corrected chi connectivity index (χ4v) is 3.59. The highest BCUT2D eigenvalue weighted by Gasteiger charge is 2.22. The molecule has 9 nitrogen and oxygen atoms in total. The van der Waals surface area contributed by atoms with E-state index in [1.807, 2.05) is 0 Å². The summed E-state index contributed by atoms with van der Waals surface area (Å²) in [4.78, 5) is -1.29. The lowest BCUT2D eigenvalue weighted by atomic mass is 10.0. The van der Waals surface area contributed by atoms with Gasteiger partial charge in [0.2, 0.25) is 0 Å². The first-order chi connectivity index (χ1) is 10.7. The lowest BCUT2D eigenvalue weighted by Crippen LogP contribution is -2.04. The molecule has 11 heteroatoms. The molecule has 0 aliphatic heterocycles. The van der Waals surface area contributed by atoms with Crippen LogP contribution in [0.2, 0.25) is 0 Å². The number of benzene rings is 2. The van der Waals surface area contributed by atoms with E-state index < -0.39 is 30.0 Å². The van der Waals surface area contributed by atoms with Gasteiger partial charge in [0.1, 0.15) is 10.6 Å². The van der Waals surface area contributed by atoms with Crippen LogP contribution in [0, 0.1) is 0 Å². The quantitative estimate of drug-likeness (QED) is 0.591. The summed E-state index contributed by atoms with van der Waals surface area (Å²) >= 11 is 0. The molecule has 0 bridgehead atoms. The van der Waals surface area contributed by atoms with Gasteiger partial charge in [0.15, 0.2) is 0 Å². The summed E-state index contributed by atoms with van der Waals surface area (Å²) in [6.45, 7) is 0. The molecular weight excluding hydrogens is 346 g/mol. The number of nitrogens with zero attached hydrogens (tertiary/aromatic N) is 2. The van der Waals surface area contributed by atoms with Crippen LogP contribution in [0.3, 0.4) is 0 Å². The van der Waals surface area contributed by atoms with Crippen LogP contribution in [0.25, 0.3) is 22.0 Å². The Morgan fingerprint density at radius 1 is 0.957 bits per heavy atom. The van der Waals surface area contributed by atoms with E-state index in [1.54, 1.807) is 6.07 Å². The molecule has 3 rings (SSSR count). The normalized spacial score (nSPS) is 12.6. The number of aromatic amines is 1. The topological polar surface area (TPSA) is 150 Å². The maximum atomic E-state index is 11.6. The van der Waals surface area contributed by atoms with Gasteiger partial charge in [0.25, 0.3) is 20.2 Å². The van der Waals surface area contributed by atoms with Crippen LogP contribution in [-0.2, 0) is 20.2 Å². The molecular formula is C12H9N3O6S2. The van der Waals surface area contributed by atoms with E-state index in [1.165, 1.54) is 18.3 Å². The minimum absolute atomic E-state index is 0.0837. The van der Waals surface area contributed by atoms with Gasteiger partial charge in [-0.2, -0.15) is 16.8 Å². The zero-order chi connectivity index (χ0) is 16.8. The number of rotatable bonds is 3. The third-order valence-electron chi connectivity index (χ3n) is 3.20. The molecule has 120 valence electrons. The SMILES string of the molecule is O=S(=O)(O)c1cc(S(=O)(=O)O)c2cccc(-c3c[nH]nn3)c2c1. The average Bonchev–Trinajstić information content (AvgIpc) is 2.97. The highest BCUT2D eigenvalue weighted by Crippen LogP contribution is 2.33. The van der Waals surface area contributed by atoms with E-state index in [0.29, 0.717) is 17.3 Å². The monoisotopic (exact) mass is 355 g/mol. The van der Waals surface area contributed by atoms with Gasteiger partial charge in [0, 0.05) is 10.9 Å². The van der Waals surface area contributed by atoms with Gasteiger partial charge in [-0.3, -0.25) is 14.2 Å². The largest absolute Gasteiger partial charge is 0.295 e. The van der Waals surface area contributed by atoms with Crippen LogP contribution in [-0.4, -0.2) is 41.4 Å². The van der Waals surface area contributed by atoms with Crippen molar-refractivity contribution in [1.82, 2.24) is 15.4 Å². The molecule has 0 aliphatic carbocycles. The lowest BCUT2D eigenvalue weighted by Gasteiger charge is -2.09. The first kappa shape index (κ1) is 15.6. The zero-order valence-electron chi connectivity index (χ0n) is 11.2. The number of nitrogens with one attached hydrogen (secondary N) is 1. The highest BCUT2D eigenvalue weighted by molar-refractivity contribution is 7.86. The molecule has 0 spiro atoms. The van der Waals surface area contributed by atoms with E-state index in [2.05, 4.69) is 15.4 Å². The fourth-order valence-electron chi connectivity index (χ4n) is 2.25. The van der Waals surface area contributed by atoms with Crippen molar-refractivity contribution < 1.29 is 25.9 Å². The molecule has 0 unspecified atom stereocenters. The smallest absolute Gasteiger partial charge is 0.282 e. The van der Waals surface area contributed by atoms with Crippen molar-refractivity contribution >= 4 is 31.0 Å². The van der Waals surface area contributed by atoms with Gasteiger partial charge in [-0.05, 0) is 17.5 Å². The van der Waals surface area contributed by atoms with Gasteiger partial charge in [-0.15, -0.1) is 5.10 Å². The van der Waals surface area contributed by atoms with Crippen molar-refractivity contribution in [3.8, 4) is 11.3 Å². The summed E-state index contributed by atoms with van der Waals surface area (Å²) in [7, 11) is -9.40. The Balaban J connectivity index is 2.52. The molecule has 0 saturated heterocycles. The first-order valence-corrected chi connectivity index (χ1v) is 8.94. The summed E-state index contributed by atoms with van der Waals surface area (Å²) in [5, 5.41) is 10.1. The molecule has 23 heavy (non-hydrogen) atoms. The van der Waals surface area contributed by atoms with Crippen molar-refractivity contribution in [2.75, 3.05) is 0 Å². The molecule has 3 N–H and O–H groups in total. The number of fused-ring (bicyclic) bond motifs is 1. The summed E-state index contributed by atoms with van der Waals surface area (Å²) in [5.41, 5.74) is 0.719. The summed E-state index contributed by atoms with van der Waals surface area (Å²) < 4.78 is 64.5. The molecule has 1 heterocycles. The molecule has 2 aromatic carbocycles. The van der Waals surface area contributed by atoms with Gasteiger partial charge in [-0.25, -0.2) is 0 Å². The summed E-state index contributed by atoms with van der Waals surface area (Å²) in [5.74, 6) is 0. The molecule has 0 fully saturated rings. The van der Waals surface area contributed by atoms with Gasteiger partial charge in [0.05, 0.1) is 11.1 Å². The fraction of sp³-hybridized carbons (Fsp3) is 0. The Bertz CT molecular complexity index is 1110. The Hall–Kier alpha value is -2.34. The summed E-state index contributed by atoms with van der Waals surface area (Å²) in [6, 6.07) is 6.29. The molecule has 0 aliphatic rings. The molecule has 0 radical (unpaired) electrons. The van der Waals surface area contributed by atoms with Crippen LogP contribution in [0.1, 0.15) is 0 Å². The lowest BCUT2D eigenvalue weighted by molar-refractivity contribution is 0.482. The van der Waals surface area contributed by atoms with Crippen LogP contribution < -0.4 is 0 Å². The predicted molar refractivity (Wildman–Crippen MR) is 79.0 cm³/mol. The van der Waals surface area contributed by atoms with E-state index in [9.17, 15) is 25.9 Å². The third kappa shape index (κ3) is 2.82. The first-order valence-electron chi connectivity index (χ1n) is 6.06. The molecule has 0 amide bonds. The van der Waals surface area contributed by atoms with Crippen molar-refractivity contribution in [2.45, 2.75) is 9.79 Å². The van der Waals surface area contributed by atoms with E-state index >= 15 is 0 Å². The van der Waals surface area contributed by atoms with Crippen LogP contribution in [0.4, 0.5) is 0 Å². The molecule has 1 aromatic heterocycles. The number of hydrogen-bond acceptors (Lipinski definition) is 6. The molecule has 0 saturated carbocycles. The van der Waals surface area contributed by atoms with Gasteiger partial charge >= 0.3 is 0 Å². The third-order valence-corrected chi connectivity index (χ3v) is 4.92. The Kier molecular flexibility index (Phi) is 3.44. The van der Waals surface area contributed by atoms with Crippen molar-refractivity contribution in [2.24, 2.45) is 0 Å². The predicted octanol–water partition coefficient (Wildman–Crippen LogP) is 1.12. The Labute approximate surface area is 130 Å². The minimum Gasteiger partial charge on any atom is -0.282 e. The second kappa shape index (κ2) is 5.09. The Morgan fingerprint density at radius 2 is 1.70 bits per heavy atom. The number of aromatic nitrogens is 3. The standard InChI is InChI=1S/C12H9N3O6S2/c16-22(17,18)7-4-10-8(11-6-13-15-14-11)2-1-3-9(10)12(5-7)23(19,20)21/h1-6H,(H,13,14,15)(H,16,17,18)(H,19,20,21).